The van der Waals surface area contributed by atoms with Crippen molar-refractivity contribution in [2.75, 3.05) is 18.1 Å². The van der Waals surface area contributed by atoms with Gasteiger partial charge in [-0.1, -0.05) is 12.1 Å². The van der Waals surface area contributed by atoms with E-state index in [2.05, 4.69) is 36.5 Å². The summed E-state index contributed by atoms with van der Waals surface area (Å²) in [4.78, 5) is 0. The van der Waals surface area contributed by atoms with Gasteiger partial charge in [0.25, 0.3) is 0 Å². The van der Waals surface area contributed by atoms with Crippen LogP contribution in [0.3, 0.4) is 0 Å². The molecule has 2 unspecified atom stereocenters. The Morgan fingerprint density at radius 2 is 2.18 bits per heavy atom. The Hall–Kier alpha value is -0.670. The van der Waals surface area contributed by atoms with Gasteiger partial charge in [0, 0.05) is 17.8 Å². The first-order valence-corrected chi connectivity index (χ1v) is 7.51. The highest BCUT2D eigenvalue weighted by molar-refractivity contribution is 7.99. The quantitative estimate of drug-likeness (QED) is 0.868. The van der Waals surface area contributed by atoms with Crippen LogP contribution in [-0.4, -0.2) is 24.2 Å². The van der Waals surface area contributed by atoms with Gasteiger partial charge in [0.15, 0.2) is 0 Å². The molecule has 1 aromatic rings. The second-order valence-corrected chi connectivity index (χ2v) is 5.60. The van der Waals surface area contributed by atoms with Crippen LogP contribution in [0.15, 0.2) is 24.3 Å². The minimum absolute atomic E-state index is 0.425. The lowest BCUT2D eigenvalue weighted by atomic mass is 10.1. The molecule has 0 bridgehead atoms. The monoisotopic (exact) mass is 251 g/mol. The third kappa shape index (κ3) is 3.65. The highest BCUT2D eigenvalue weighted by atomic mass is 32.2. The number of benzene rings is 1. The molecule has 0 aliphatic carbocycles. The minimum Gasteiger partial charge on any atom is -0.494 e. The molecule has 1 fully saturated rings. The van der Waals surface area contributed by atoms with Gasteiger partial charge in [0.2, 0.25) is 0 Å². The molecule has 0 amide bonds. The molecule has 17 heavy (non-hydrogen) atoms. The smallest absolute Gasteiger partial charge is 0.119 e. The number of hydrogen-bond acceptors (Lipinski definition) is 3. The van der Waals surface area contributed by atoms with Crippen LogP contribution in [-0.2, 0) is 0 Å². The minimum atomic E-state index is 0.425. The molecule has 1 aromatic carbocycles. The lowest BCUT2D eigenvalue weighted by molar-refractivity contribution is 0.340. The van der Waals surface area contributed by atoms with Gasteiger partial charge in [-0.05, 0) is 43.7 Å². The van der Waals surface area contributed by atoms with Crippen LogP contribution < -0.4 is 10.1 Å². The zero-order valence-electron chi connectivity index (χ0n) is 10.6. The maximum Gasteiger partial charge on any atom is 0.119 e. The Bertz CT molecular complexity index is 333. The molecule has 2 atom stereocenters. The number of nitrogens with one attached hydrogen (secondary N) is 1. The zero-order chi connectivity index (χ0) is 12.1. The normalized spacial score (nSPS) is 21.4. The Labute approximate surface area is 108 Å². The van der Waals surface area contributed by atoms with Crippen LogP contribution in [0, 0.1) is 0 Å². The summed E-state index contributed by atoms with van der Waals surface area (Å²) in [5, 5.41) is 3.68. The second-order valence-electron chi connectivity index (χ2n) is 4.45. The molecule has 1 aliphatic heterocycles. The number of hydrogen-bond donors (Lipinski definition) is 1. The van der Waals surface area contributed by atoms with Gasteiger partial charge in [0.05, 0.1) is 6.61 Å². The van der Waals surface area contributed by atoms with Crippen LogP contribution in [0.1, 0.15) is 31.9 Å². The Morgan fingerprint density at radius 1 is 1.41 bits per heavy atom. The van der Waals surface area contributed by atoms with E-state index in [0.29, 0.717) is 12.1 Å². The lowest BCUT2D eigenvalue weighted by Gasteiger charge is -2.19. The predicted molar refractivity (Wildman–Crippen MR) is 74.9 cm³/mol. The first-order chi connectivity index (χ1) is 8.29. The van der Waals surface area contributed by atoms with E-state index < -0.39 is 0 Å². The maximum atomic E-state index is 5.45. The van der Waals surface area contributed by atoms with Crippen molar-refractivity contribution in [1.29, 1.82) is 0 Å². The fourth-order valence-electron chi connectivity index (χ4n) is 2.14. The standard InChI is InChI=1S/C14H21NOS/c1-3-16-14-6-4-12(5-7-14)11(2)15-13-8-9-17-10-13/h4-7,11,13,15H,3,8-10H2,1-2H3. The zero-order valence-corrected chi connectivity index (χ0v) is 11.4. The molecule has 1 aliphatic rings. The largest absolute Gasteiger partial charge is 0.494 e. The van der Waals surface area contributed by atoms with E-state index in [1.165, 1.54) is 23.5 Å². The third-order valence-corrected chi connectivity index (χ3v) is 4.27. The topological polar surface area (TPSA) is 21.3 Å². The van der Waals surface area contributed by atoms with Gasteiger partial charge in [0.1, 0.15) is 5.75 Å². The van der Waals surface area contributed by atoms with Crippen LogP contribution in [0.4, 0.5) is 0 Å². The van der Waals surface area contributed by atoms with Crippen molar-refractivity contribution in [1.82, 2.24) is 5.32 Å². The highest BCUT2D eigenvalue weighted by Gasteiger charge is 2.17. The Kier molecular flexibility index (Phi) is 4.75. The van der Waals surface area contributed by atoms with Crippen molar-refractivity contribution in [3.8, 4) is 5.75 Å². The van der Waals surface area contributed by atoms with E-state index in [1.54, 1.807) is 0 Å². The summed E-state index contributed by atoms with van der Waals surface area (Å²) in [6, 6.07) is 9.53. The van der Waals surface area contributed by atoms with Gasteiger partial charge in [-0.15, -0.1) is 0 Å². The van der Waals surface area contributed by atoms with Gasteiger partial charge >= 0.3 is 0 Å². The number of rotatable bonds is 5. The Morgan fingerprint density at radius 3 is 2.76 bits per heavy atom. The van der Waals surface area contributed by atoms with Crippen LogP contribution in [0.2, 0.25) is 0 Å². The van der Waals surface area contributed by atoms with Gasteiger partial charge in [-0.25, -0.2) is 0 Å². The summed E-state index contributed by atoms with van der Waals surface area (Å²) in [7, 11) is 0. The van der Waals surface area contributed by atoms with Crippen LogP contribution in [0.25, 0.3) is 0 Å². The third-order valence-electron chi connectivity index (χ3n) is 3.11. The number of ether oxygens (including phenoxy) is 1. The number of thioether (sulfide) groups is 1. The maximum absolute atomic E-state index is 5.45. The van der Waals surface area contributed by atoms with Gasteiger partial charge in [-0.2, -0.15) is 11.8 Å². The second kappa shape index (κ2) is 6.31. The molecule has 94 valence electrons. The van der Waals surface area contributed by atoms with E-state index in [-0.39, 0.29) is 0 Å². The van der Waals surface area contributed by atoms with E-state index >= 15 is 0 Å². The SMILES string of the molecule is CCOc1ccc(C(C)NC2CCSC2)cc1. The molecule has 0 saturated carbocycles. The van der Waals surface area contributed by atoms with E-state index in [0.717, 1.165) is 12.4 Å². The van der Waals surface area contributed by atoms with Gasteiger partial charge in [-0.3, -0.25) is 0 Å². The molecule has 0 radical (unpaired) electrons. The fourth-order valence-corrected chi connectivity index (χ4v) is 3.30. The molecule has 1 N–H and O–H groups in total. The summed E-state index contributed by atoms with van der Waals surface area (Å²) in [5.74, 6) is 3.51. The fraction of sp³-hybridized carbons (Fsp3) is 0.571. The Balaban J connectivity index is 1.91. The van der Waals surface area contributed by atoms with Crippen molar-refractivity contribution in [2.45, 2.75) is 32.4 Å². The first-order valence-electron chi connectivity index (χ1n) is 6.36. The van der Waals surface area contributed by atoms with E-state index in [9.17, 15) is 0 Å². The summed E-state index contributed by atoms with van der Waals surface area (Å²) in [6.07, 6.45) is 1.30. The van der Waals surface area contributed by atoms with E-state index in [1.807, 2.05) is 18.7 Å². The molecule has 1 saturated heterocycles. The van der Waals surface area contributed by atoms with Crippen molar-refractivity contribution in [2.24, 2.45) is 0 Å². The van der Waals surface area contributed by atoms with Gasteiger partial charge < -0.3 is 10.1 Å². The van der Waals surface area contributed by atoms with Crippen LogP contribution in [0.5, 0.6) is 5.75 Å². The van der Waals surface area contributed by atoms with Crippen molar-refractivity contribution in [3.05, 3.63) is 29.8 Å². The molecule has 1 heterocycles. The molecule has 2 rings (SSSR count). The molecular formula is C14H21NOS. The summed E-state index contributed by atoms with van der Waals surface area (Å²) >= 11 is 2.05. The average molecular weight is 251 g/mol. The highest BCUT2D eigenvalue weighted by Crippen LogP contribution is 2.22. The summed E-state index contributed by atoms with van der Waals surface area (Å²) in [6.45, 7) is 4.97. The molecule has 0 spiro atoms. The summed E-state index contributed by atoms with van der Waals surface area (Å²) < 4.78 is 5.45. The first kappa shape index (κ1) is 12.8. The van der Waals surface area contributed by atoms with Crippen molar-refractivity contribution < 1.29 is 4.74 Å². The lowest BCUT2D eigenvalue weighted by Crippen LogP contribution is -2.31. The van der Waals surface area contributed by atoms with Crippen molar-refractivity contribution in [3.63, 3.8) is 0 Å². The molecular weight excluding hydrogens is 230 g/mol. The van der Waals surface area contributed by atoms with Crippen LogP contribution >= 0.6 is 11.8 Å². The van der Waals surface area contributed by atoms with Crippen molar-refractivity contribution >= 4 is 11.8 Å². The van der Waals surface area contributed by atoms with E-state index in [4.69, 9.17) is 4.74 Å². The average Bonchev–Trinajstić information content (AvgIpc) is 2.83. The molecule has 2 nitrogen and oxygen atoms in total. The predicted octanol–water partition coefficient (Wildman–Crippen LogP) is 3.24. The summed E-state index contributed by atoms with van der Waals surface area (Å²) in [5.41, 5.74) is 1.34. The molecule has 3 heteroatoms. The molecule has 0 aromatic heterocycles.